The third kappa shape index (κ3) is 5.73. The van der Waals surface area contributed by atoms with Gasteiger partial charge in [0.25, 0.3) is 11.8 Å². The van der Waals surface area contributed by atoms with Gasteiger partial charge in [-0.2, -0.15) is 0 Å². The van der Waals surface area contributed by atoms with E-state index >= 15 is 0 Å². The predicted octanol–water partition coefficient (Wildman–Crippen LogP) is 4.58. The number of carbonyl (C=O) groups is 2. The third-order valence-electron chi connectivity index (χ3n) is 4.04. The number of anilines is 1. The number of halogens is 1. The van der Waals surface area contributed by atoms with Crippen LogP contribution in [0.2, 0.25) is 5.02 Å². The molecule has 0 spiro atoms. The lowest BCUT2D eigenvalue weighted by molar-refractivity contribution is -0.122. The molecule has 0 aliphatic rings. The van der Waals surface area contributed by atoms with Crippen LogP contribution < -0.4 is 15.4 Å². The molecule has 0 aromatic heterocycles. The van der Waals surface area contributed by atoms with Crippen LogP contribution in [0.25, 0.3) is 0 Å². The highest BCUT2D eigenvalue weighted by atomic mass is 35.5. The summed E-state index contributed by atoms with van der Waals surface area (Å²) in [5, 5.41) is 6.28. The summed E-state index contributed by atoms with van der Waals surface area (Å²) in [6.45, 7) is 6.31. The van der Waals surface area contributed by atoms with Crippen LogP contribution in [0, 0.1) is 6.92 Å². The molecule has 6 heteroatoms. The maximum absolute atomic E-state index is 12.7. The molecule has 1 atom stereocenters. The molecule has 0 heterocycles. The SMILES string of the molecule is CCCNC(=O)c1ccccc1NC(=O)[C@@H](CC)Oc1ccc(Cl)c(C)c1. The average molecular weight is 389 g/mol. The minimum absolute atomic E-state index is 0.213. The average Bonchev–Trinajstić information content (AvgIpc) is 2.67. The first-order valence-corrected chi connectivity index (χ1v) is 9.45. The molecule has 0 aliphatic heterocycles. The minimum atomic E-state index is -0.683. The normalized spacial score (nSPS) is 11.6. The van der Waals surface area contributed by atoms with E-state index in [0.29, 0.717) is 35.0 Å². The number of hydrogen-bond acceptors (Lipinski definition) is 3. The Labute approximate surface area is 165 Å². The number of rotatable bonds is 8. The Morgan fingerprint density at radius 1 is 1.15 bits per heavy atom. The van der Waals surface area contributed by atoms with E-state index in [1.807, 2.05) is 20.8 Å². The molecule has 5 nitrogen and oxygen atoms in total. The van der Waals surface area contributed by atoms with Gasteiger partial charge < -0.3 is 15.4 Å². The van der Waals surface area contributed by atoms with Crippen molar-refractivity contribution < 1.29 is 14.3 Å². The third-order valence-corrected chi connectivity index (χ3v) is 4.46. The standard InChI is InChI=1S/C21H25ClN2O3/c1-4-12-23-20(25)16-8-6-7-9-18(16)24-21(26)19(5-2)27-15-10-11-17(22)14(3)13-15/h6-11,13,19H,4-5,12H2,1-3H3,(H,23,25)(H,24,26)/t19-/m1/s1. The first-order chi connectivity index (χ1) is 13.0. The molecule has 0 saturated carbocycles. The molecule has 2 N–H and O–H groups in total. The molecule has 2 aromatic rings. The maximum atomic E-state index is 12.7. The molecule has 0 fully saturated rings. The highest BCUT2D eigenvalue weighted by Crippen LogP contribution is 2.23. The Bertz CT molecular complexity index is 808. The van der Waals surface area contributed by atoms with Crippen LogP contribution in [0.15, 0.2) is 42.5 Å². The highest BCUT2D eigenvalue weighted by Gasteiger charge is 2.21. The molecule has 0 unspecified atom stereocenters. The van der Waals surface area contributed by atoms with Crippen LogP contribution >= 0.6 is 11.6 Å². The van der Waals surface area contributed by atoms with Crippen LogP contribution in [0.1, 0.15) is 42.6 Å². The van der Waals surface area contributed by atoms with Gasteiger partial charge in [0.2, 0.25) is 0 Å². The van der Waals surface area contributed by atoms with Crippen molar-refractivity contribution in [2.24, 2.45) is 0 Å². The van der Waals surface area contributed by atoms with Crippen molar-refractivity contribution in [2.45, 2.75) is 39.7 Å². The zero-order valence-corrected chi connectivity index (χ0v) is 16.6. The second-order valence-corrected chi connectivity index (χ2v) is 6.62. The van der Waals surface area contributed by atoms with Crippen molar-refractivity contribution in [2.75, 3.05) is 11.9 Å². The van der Waals surface area contributed by atoms with E-state index in [1.54, 1.807) is 42.5 Å². The van der Waals surface area contributed by atoms with Gasteiger partial charge in [0.15, 0.2) is 6.10 Å². The second kappa shape index (κ2) is 9.97. The molecule has 0 radical (unpaired) electrons. The maximum Gasteiger partial charge on any atom is 0.265 e. The molecule has 0 bridgehead atoms. The zero-order valence-electron chi connectivity index (χ0n) is 15.8. The molecular formula is C21H25ClN2O3. The summed E-state index contributed by atoms with van der Waals surface area (Å²) in [5.41, 5.74) is 1.77. The van der Waals surface area contributed by atoms with Gasteiger partial charge in [-0.25, -0.2) is 0 Å². The van der Waals surface area contributed by atoms with E-state index in [4.69, 9.17) is 16.3 Å². The van der Waals surface area contributed by atoms with Crippen molar-refractivity contribution in [3.05, 3.63) is 58.6 Å². The molecule has 2 rings (SSSR count). The molecule has 144 valence electrons. The van der Waals surface area contributed by atoms with Gasteiger partial charge >= 0.3 is 0 Å². The lowest BCUT2D eigenvalue weighted by Gasteiger charge is -2.19. The van der Waals surface area contributed by atoms with Crippen molar-refractivity contribution >= 4 is 29.1 Å². The topological polar surface area (TPSA) is 67.4 Å². The molecule has 27 heavy (non-hydrogen) atoms. The van der Waals surface area contributed by atoms with Crippen molar-refractivity contribution in [3.8, 4) is 5.75 Å². The number of ether oxygens (including phenoxy) is 1. The van der Waals surface area contributed by atoms with Crippen LogP contribution in [-0.2, 0) is 4.79 Å². The summed E-state index contributed by atoms with van der Waals surface area (Å²) in [6, 6.07) is 12.2. The fourth-order valence-corrected chi connectivity index (χ4v) is 2.63. The smallest absolute Gasteiger partial charge is 0.265 e. The van der Waals surface area contributed by atoms with Gasteiger partial charge in [0, 0.05) is 11.6 Å². The lowest BCUT2D eigenvalue weighted by Crippen LogP contribution is -2.33. The van der Waals surface area contributed by atoms with Crippen LogP contribution in [0.5, 0.6) is 5.75 Å². The largest absolute Gasteiger partial charge is 0.481 e. The first kappa shape index (κ1) is 20.8. The fraction of sp³-hybridized carbons (Fsp3) is 0.333. The summed E-state index contributed by atoms with van der Waals surface area (Å²) in [5.74, 6) is 0.0590. The van der Waals surface area contributed by atoms with Crippen molar-refractivity contribution in [1.29, 1.82) is 0 Å². The molecule has 0 aliphatic carbocycles. The molecule has 2 aromatic carbocycles. The molecule has 0 saturated heterocycles. The van der Waals surface area contributed by atoms with Gasteiger partial charge in [0.1, 0.15) is 5.75 Å². The van der Waals surface area contributed by atoms with Gasteiger partial charge in [0.05, 0.1) is 11.3 Å². The fourth-order valence-electron chi connectivity index (χ4n) is 2.51. The van der Waals surface area contributed by atoms with E-state index in [2.05, 4.69) is 10.6 Å². The van der Waals surface area contributed by atoms with Gasteiger partial charge in [-0.05, 0) is 55.7 Å². The van der Waals surface area contributed by atoms with E-state index in [0.717, 1.165) is 12.0 Å². The Morgan fingerprint density at radius 2 is 1.89 bits per heavy atom. The Hall–Kier alpha value is -2.53. The predicted molar refractivity (Wildman–Crippen MR) is 109 cm³/mol. The summed E-state index contributed by atoms with van der Waals surface area (Å²) in [7, 11) is 0. The summed E-state index contributed by atoms with van der Waals surface area (Å²) >= 11 is 6.03. The number of aryl methyl sites for hydroxylation is 1. The molecule has 2 amide bonds. The summed E-state index contributed by atoms with van der Waals surface area (Å²) in [4.78, 5) is 25.0. The van der Waals surface area contributed by atoms with Crippen molar-refractivity contribution in [3.63, 3.8) is 0 Å². The number of para-hydroxylation sites is 1. The number of hydrogen-bond donors (Lipinski definition) is 2. The number of carbonyl (C=O) groups excluding carboxylic acids is 2. The zero-order chi connectivity index (χ0) is 19.8. The van der Waals surface area contributed by atoms with Crippen molar-refractivity contribution in [1.82, 2.24) is 5.32 Å². The summed E-state index contributed by atoms with van der Waals surface area (Å²) in [6.07, 6.45) is 0.641. The minimum Gasteiger partial charge on any atom is -0.481 e. The number of benzene rings is 2. The van der Waals surface area contributed by atoms with Crippen LogP contribution in [0.4, 0.5) is 5.69 Å². The quantitative estimate of drug-likeness (QED) is 0.695. The second-order valence-electron chi connectivity index (χ2n) is 6.22. The monoisotopic (exact) mass is 388 g/mol. The van der Waals surface area contributed by atoms with Gasteiger partial charge in [-0.3, -0.25) is 9.59 Å². The van der Waals surface area contributed by atoms with E-state index in [9.17, 15) is 9.59 Å². The van der Waals surface area contributed by atoms with Gasteiger partial charge in [-0.15, -0.1) is 0 Å². The molecular weight excluding hydrogens is 364 g/mol. The first-order valence-electron chi connectivity index (χ1n) is 9.07. The van der Waals surface area contributed by atoms with E-state index in [-0.39, 0.29) is 11.8 Å². The Balaban J connectivity index is 2.12. The number of amides is 2. The van der Waals surface area contributed by atoms with E-state index < -0.39 is 6.10 Å². The van der Waals surface area contributed by atoms with E-state index in [1.165, 1.54) is 0 Å². The Morgan fingerprint density at radius 3 is 2.56 bits per heavy atom. The van der Waals surface area contributed by atoms with Gasteiger partial charge in [-0.1, -0.05) is 37.6 Å². The lowest BCUT2D eigenvalue weighted by atomic mass is 10.1. The Kier molecular flexibility index (Phi) is 7.67. The van der Waals surface area contributed by atoms with Crippen LogP contribution in [-0.4, -0.2) is 24.5 Å². The summed E-state index contributed by atoms with van der Waals surface area (Å²) < 4.78 is 5.83. The van der Waals surface area contributed by atoms with Crippen LogP contribution in [0.3, 0.4) is 0 Å². The number of nitrogens with one attached hydrogen (secondary N) is 2. The highest BCUT2D eigenvalue weighted by molar-refractivity contribution is 6.31.